The maximum Gasteiger partial charge on any atom is 0.331 e. The third kappa shape index (κ3) is 8.00. The van der Waals surface area contributed by atoms with Crippen LogP contribution in [0.25, 0.3) is 6.08 Å². The molecular weight excluding hydrogens is 604 g/mol. The van der Waals surface area contributed by atoms with Crippen molar-refractivity contribution >= 4 is 12.0 Å². The number of phenols is 4. The lowest BCUT2D eigenvalue weighted by atomic mass is 9.96. The Morgan fingerprint density at radius 3 is 2.18 bits per heavy atom. The van der Waals surface area contributed by atoms with Crippen molar-refractivity contribution in [1.82, 2.24) is 0 Å². The molecule has 10 unspecified atom stereocenters. The zero-order chi connectivity index (χ0) is 32.8. The van der Waals surface area contributed by atoms with Gasteiger partial charge in [-0.05, 0) is 36.3 Å². The number of esters is 1. The van der Waals surface area contributed by atoms with Gasteiger partial charge in [-0.25, -0.2) is 4.79 Å². The highest BCUT2D eigenvalue weighted by Gasteiger charge is 2.52. The molecule has 2 fully saturated rings. The Hall–Kier alpha value is -3.55. The zero-order valence-corrected chi connectivity index (χ0v) is 23.6. The van der Waals surface area contributed by atoms with Crippen LogP contribution in [0.15, 0.2) is 42.5 Å². The Morgan fingerprint density at radius 1 is 0.778 bits per heavy atom. The first-order valence-electron chi connectivity index (χ1n) is 13.9. The monoisotopic (exact) mass is 640 g/mol. The van der Waals surface area contributed by atoms with Crippen molar-refractivity contribution in [2.75, 3.05) is 19.8 Å². The molecule has 0 aromatic heterocycles. The van der Waals surface area contributed by atoms with Crippen LogP contribution in [0.1, 0.15) is 11.1 Å². The minimum Gasteiger partial charge on any atom is -0.504 e. The molecule has 0 aliphatic carbocycles. The van der Waals surface area contributed by atoms with Crippen LogP contribution in [-0.2, 0) is 34.9 Å². The van der Waals surface area contributed by atoms with Gasteiger partial charge in [0.1, 0.15) is 42.7 Å². The van der Waals surface area contributed by atoms with Gasteiger partial charge in [0.25, 0.3) is 0 Å². The SMILES string of the molecule is O=C(C=Cc1ccc(O)c(O)c1)OC1C(CO)OC(OCCc2cccc(O)c2O)C(O)C1OC1OC(CO)C(O)C(O)C1O. The number of aliphatic hydroxyl groups excluding tert-OH is 6. The first kappa shape index (κ1) is 34.3. The van der Waals surface area contributed by atoms with E-state index in [0.717, 1.165) is 6.08 Å². The fourth-order valence-corrected chi connectivity index (χ4v) is 4.86. The van der Waals surface area contributed by atoms with Gasteiger partial charge in [-0.3, -0.25) is 0 Å². The van der Waals surface area contributed by atoms with Gasteiger partial charge < -0.3 is 74.7 Å². The van der Waals surface area contributed by atoms with Crippen molar-refractivity contribution in [1.29, 1.82) is 0 Å². The van der Waals surface area contributed by atoms with E-state index in [1.165, 1.54) is 42.5 Å². The average Bonchev–Trinajstić information content (AvgIpc) is 3.02. The van der Waals surface area contributed by atoms with Crippen LogP contribution >= 0.6 is 0 Å². The van der Waals surface area contributed by atoms with Crippen LogP contribution in [-0.4, -0.2) is 138 Å². The molecule has 2 saturated heterocycles. The predicted molar refractivity (Wildman–Crippen MR) is 149 cm³/mol. The quantitative estimate of drug-likeness (QED) is 0.0720. The second-order valence-electron chi connectivity index (χ2n) is 10.4. The summed E-state index contributed by atoms with van der Waals surface area (Å²) in [4.78, 5) is 12.8. The Labute approximate surface area is 256 Å². The van der Waals surface area contributed by atoms with Crippen molar-refractivity contribution in [3.8, 4) is 23.0 Å². The van der Waals surface area contributed by atoms with Gasteiger partial charge in [-0.15, -0.1) is 0 Å². The third-order valence-corrected chi connectivity index (χ3v) is 7.35. The molecule has 2 aromatic carbocycles. The van der Waals surface area contributed by atoms with Gasteiger partial charge in [0.05, 0.1) is 19.8 Å². The minimum absolute atomic E-state index is 0.0465. The standard InChI is InChI=1S/C29H36O16/c30-11-18-22(37)23(38)24(39)29(42-18)45-27-25(40)28(41-9-8-14-2-1-3-16(33)21(14)36)43-19(12-31)26(27)44-20(35)7-5-13-4-6-15(32)17(34)10-13/h1-7,10,18-19,22-34,36-40H,8-9,11-12H2. The zero-order valence-electron chi connectivity index (χ0n) is 23.6. The maximum absolute atomic E-state index is 12.8. The van der Waals surface area contributed by atoms with Crippen LogP contribution in [0.2, 0.25) is 0 Å². The fraction of sp³-hybridized carbons (Fsp3) is 0.483. The molecule has 4 rings (SSSR count). The second-order valence-corrected chi connectivity index (χ2v) is 10.4. The van der Waals surface area contributed by atoms with Crippen molar-refractivity contribution in [3.63, 3.8) is 0 Å². The smallest absolute Gasteiger partial charge is 0.331 e. The molecular formula is C29H36O16. The molecule has 0 saturated carbocycles. The molecule has 0 spiro atoms. The number of rotatable bonds is 11. The number of carbonyl (C=O) groups excluding carboxylic acids is 1. The Balaban J connectivity index is 1.54. The van der Waals surface area contributed by atoms with Crippen molar-refractivity contribution in [3.05, 3.63) is 53.6 Å². The maximum atomic E-state index is 12.8. The number of aliphatic hydroxyl groups is 6. The summed E-state index contributed by atoms with van der Waals surface area (Å²) < 4.78 is 27.9. The van der Waals surface area contributed by atoms with Crippen LogP contribution < -0.4 is 0 Å². The normalized spacial score (nSPS) is 32.0. The summed E-state index contributed by atoms with van der Waals surface area (Å²) in [5, 5.41) is 101. The van der Waals surface area contributed by atoms with Gasteiger partial charge in [0.2, 0.25) is 0 Å². The van der Waals surface area contributed by atoms with E-state index < -0.39 is 86.3 Å². The molecule has 2 heterocycles. The molecule has 45 heavy (non-hydrogen) atoms. The summed E-state index contributed by atoms with van der Waals surface area (Å²) in [6.45, 7) is -1.75. The van der Waals surface area contributed by atoms with Gasteiger partial charge in [0, 0.05) is 11.6 Å². The van der Waals surface area contributed by atoms with E-state index in [4.69, 9.17) is 23.7 Å². The van der Waals surface area contributed by atoms with E-state index in [1.54, 1.807) is 0 Å². The number of benzene rings is 2. The lowest BCUT2D eigenvalue weighted by Gasteiger charge is -2.46. The van der Waals surface area contributed by atoms with Crippen LogP contribution in [0.4, 0.5) is 0 Å². The number of carbonyl (C=O) groups is 1. The van der Waals surface area contributed by atoms with Crippen molar-refractivity contribution in [2.45, 2.75) is 67.8 Å². The van der Waals surface area contributed by atoms with E-state index in [-0.39, 0.29) is 30.3 Å². The molecule has 2 aromatic rings. The van der Waals surface area contributed by atoms with E-state index >= 15 is 0 Å². The third-order valence-electron chi connectivity index (χ3n) is 7.35. The Bertz CT molecular complexity index is 1320. The first-order chi connectivity index (χ1) is 21.4. The second kappa shape index (κ2) is 15.2. The van der Waals surface area contributed by atoms with Gasteiger partial charge >= 0.3 is 5.97 Å². The average molecular weight is 641 g/mol. The predicted octanol–water partition coefficient (Wildman–Crippen LogP) is -2.04. The largest absolute Gasteiger partial charge is 0.504 e. The summed E-state index contributed by atoms with van der Waals surface area (Å²) in [6, 6.07) is 8.07. The Kier molecular flexibility index (Phi) is 11.6. The highest BCUT2D eigenvalue weighted by molar-refractivity contribution is 5.87. The highest BCUT2D eigenvalue weighted by atomic mass is 16.7. The van der Waals surface area contributed by atoms with Crippen LogP contribution in [0, 0.1) is 0 Å². The van der Waals surface area contributed by atoms with E-state index in [9.17, 15) is 55.9 Å². The highest BCUT2D eigenvalue weighted by Crippen LogP contribution is 2.33. The van der Waals surface area contributed by atoms with E-state index in [1.807, 2.05) is 0 Å². The van der Waals surface area contributed by atoms with Gasteiger partial charge in [0.15, 0.2) is 41.7 Å². The molecule has 2 aliphatic rings. The summed E-state index contributed by atoms with van der Waals surface area (Å²) in [5.74, 6) is -2.56. The lowest BCUT2D eigenvalue weighted by Crippen LogP contribution is -2.65. The van der Waals surface area contributed by atoms with Crippen LogP contribution in [0.3, 0.4) is 0 Å². The van der Waals surface area contributed by atoms with Crippen LogP contribution in [0.5, 0.6) is 23.0 Å². The van der Waals surface area contributed by atoms with Gasteiger partial charge in [-0.1, -0.05) is 18.2 Å². The van der Waals surface area contributed by atoms with E-state index in [0.29, 0.717) is 11.1 Å². The summed E-state index contributed by atoms with van der Waals surface area (Å²) in [6.07, 6.45) is -14.3. The molecule has 2 aliphatic heterocycles. The van der Waals surface area contributed by atoms with E-state index in [2.05, 4.69) is 0 Å². The van der Waals surface area contributed by atoms with Gasteiger partial charge in [-0.2, -0.15) is 0 Å². The summed E-state index contributed by atoms with van der Waals surface area (Å²) in [7, 11) is 0. The fourth-order valence-electron chi connectivity index (χ4n) is 4.86. The Morgan fingerprint density at radius 2 is 1.49 bits per heavy atom. The number of aromatic hydroxyl groups is 4. The summed E-state index contributed by atoms with van der Waals surface area (Å²) >= 11 is 0. The topological polar surface area (TPSA) is 266 Å². The molecule has 0 amide bonds. The number of ether oxygens (including phenoxy) is 5. The number of hydrogen-bond acceptors (Lipinski definition) is 16. The minimum atomic E-state index is -1.89. The lowest BCUT2D eigenvalue weighted by molar-refractivity contribution is -0.360. The molecule has 0 radical (unpaired) electrons. The molecule has 16 heteroatoms. The van der Waals surface area contributed by atoms with Crippen molar-refractivity contribution < 1.29 is 79.5 Å². The number of phenolic OH excluding ortho intramolecular Hbond substituents is 4. The summed E-state index contributed by atoms with van der Waals surface area (Å²) in [5.41, 5.74) is 0.620. The number of hydrogen-bond donors (Lipinski definition) is 10. The molecule has 0 bridgehead atoms. The van der Waals surface area contributed by atoms with Crippen molar-refractivity contribution in [2.24, 2.45) is 0 Å². The molecule has 16 nitrogen and oxygen atoms in total. The molecule has 10 N–H and O–H groups in total. The number of para-hydroxylation sites is 1. The molecule has 248 valence electrons. The first-order valence-corrected chi connectivity index (χ1v) is 13.9. The molecule has 10 atom stereocenters.